The summed E-state index contributed by atoms with van der Waals surface area (Å²) in [4.78, 5) is 4.57. The summed E-state index contributed by atoms with van der Waals surface area (Å²) < 4.78 is 5.95. The zero-order valence-corrected chi connectivity index (χ0v) is 13.6. The van der Waals surface area contributed by atoms with E-state index in [1.54, 1.807) is 0 Å². The number of rotatable bonds is 6. The summed E-state index contributed by atoms with van der Waals surface area (Å²) in [7, 11) is 1.82. The standard InChI is InChI=1S/C17H29N3O/c1-4-14-7-8-15(19-12-14)10-16(20-18)17(21-3)9-5-6-13(2)11-17/h7-8,12-13,16,20H,4-6,9-11,18H2,1-3H3. The van der Waals surface area contributed by atoms with Gasteiger partial charge in [-0.3, -0.25) is 16.3 Å². The van der Waals surface area contributed by atoms with Crippen molar-refractivity contribution in [1.29, 1.82) is 0 Å². The molecule has 0 amide bonds. The molecule has 1 aliphatic carbocycles. The van der Waals surface area contributed by atoms with Crippen LogP contribution in [0.25, 0.3) is 0 Å². The molecule has 4 heteroatoms. The van der Waals surface area contributed by atoms with Crippen LogP contribution in [0.2, 0.25) is 0 Å². The highest BCUT2D eigenvalue weighted by Gasteiger charge is 2.41. The molecule has 3 atom stereocenters. The van der Waals surface area contributed by atoms with E-state index in [1.807, 2.05) is 13.3 Å². The number of hydrogen-bond donors (Lipinski definition) is 2. The molecule has 2 rings (SSSR count). The fourth-order valence-corrected chi connectivity index (χ4v) is 3.58. The monoisotopic (exact) mass is 291 g/mol. The summed E-state index contributed by atoms with van der Waals surface area (Å²) in [6, 6.07) is 4.36. The first-order chi connectivity index (χ1) is 10.1. The Bertz CT molecular complexity index is 434. The lowest BCUT2D eigenvalue weighted by Crippen LogP contribution is -2.57. The Balaban J connectivity index is 2.12. The van der Waals surface area contributed by atoms with E-state index in [0.29, 0.717) is 5.92 Å². The third kappa shape index (κ3) is 3.82. The first kappa shape index (κ1) is 16.4. The van der Waals surface area contributed by atoms with Gasteiger partial charge in [-0.25, -0.2) is 0 Å². The number of aryl methyl sites for hydroxylation is 1. The topological polar surface area (TPSA) is 60.2 Å². The molecular weight excluding hydrogens is 262 g/mol. The lowest BCUT2D eigenvalue weighted by Gasteiger charge is -2.44. The van der Waals surface area contributed by atoms with Crippen LogP contribution in [0.4, 0.5) is 0 Å². The van der Waals surface area contributed by atoms with Crippen molar-refractivity contribution in [2.24, 2.45) is 11.8 Å². The summed E-state index contributed by atoms with van der Waals surface area (Å²) in [5.41, 5.74) is 5.17. The number of aromatic nitrogens is 1. The van der Waals surface area contributed by atoms with Gasteiger partial charge in [0.15, 0.2) is 0 Å². The maximum Gasteiger partial charge on any atom is 0.0850 e. The van der Waals surface area contributed by atoms with E-state index in [4.69, 9.17) is 10.6 Å². The highest BCUT2D eigenvalue weighted by Crippen LogP contribution is 2.37. The molecule has 3 N–H and O–H groups in total. The van der Waals surface area contributed by atoms with E-state index < -0.39 is 0 Å². The summed E-state index contributed by atoms with van der Waals surface area (Å²) in [6.07, 6.45) is 8.40. The SMILES string of the molecule is CCc1ccc(CC(NN)C2(OC)CCCC(C)C2)nc1. The number of nitrogens with zero attached hydrogens (tertiary/aromatic N) is 1. The predicted octanol–water partition coefficient (Wildman–Crippen LogP) is 2.61. The predicted molar refractivity (Wildman–Crippen MR) is 85.8 cm³/mol. The van der Waals surface area contributed by atoms with Gasteiger partial charge in [-0.05, 0) is 36.8 Å². The quantitative estimate of drug-likeness (QED) is 0.625. The zero-order chi connectivity index (χ0) is 15.3. The average molecular weight is 291 g/mol. The van der Waals surface area contributed by atoms with Gasteiger partial charge in [-0.2, -0.15) is 0 Å². The van der Waals surface area contributed by atoms with Crippen molar-refractivity contribution in [1.82, 2.24) is 10.4 Å². The molecule has 0 aliphatic heterocycles. The van der Waals surface area contributed by atoms with E-state index in [9.17, 15) is 0 Å². The Labute approximate surface area is 128 Å². The van der Waals surface area contributed by atoms with Crippen molar-refractivity contribution in [2.45, 2.75) is 64.0 Å². The molecule has 0 aromatic carbocycles. The maximum atomic E-state index is 5.95. The van der Waals surface area contributed by atoms with Crippen LogP contribution in [-0.2, 0) is 17.6 Å². The van der Waals surface area contributed by atoms with Crippen molar-refractivity contribution in [3.05, 3.63) is 29.6 Å². The zero-order valence-electron chi connectivity index (χ0n) is 13.6. The Morgan fingerprint density at radius 1 is 1.52 bits per heavy atom. The van der Waals surface area contributed by atoms with Crippen molar-refractivity contribution in [3.63, 3.8) is 0 Å². The number of nitrogens with one attached hydrogen (secondary N) is 1. The lowest BCUT2D eigenvalue weighted by molar-refractivity contribution is -0.0793. The highest BCUT2D eigenvalue weighted by molar-refractivity contribution is 5.16. The Hall–Kier alpha value is -0.970. The van der Waals surface area contributed by atoms with Crippen molar-refractivity contribution in [2.75, 3.05) is 7.11 Å². The highest BCUT2D eigenvalue weighted by atomic mass is 16.5. The van der Waals surface area contributed by atoms with E-state index in [-0.39, 0.29) is 11.6 Å². The molecule has 1 aromatic heterocycles. The minimum absolute atomic E-state index is 0.102. The number of hydrogen-bond acceptors (Lipinski definition) is 4. The van der Waals surface area contributed by atoms with Crippen LogP contribution in [-0.4, -0.2) is 23.7 Å². The van der Waals surface area contributed by atoms with E-state index in [2.05, 4.69) is 36.4 Å². The summed E-state index contributed by atoms with van der Waals surface area (Å²) >= 11 is 0. The summed E-state index contributed by atoms with van der Waals surface area (Å²) in [5.74, 6) is 6.54. The van der Waals surface area contributed by atoms with Crippen LogP contribution < -0.4 is 11.3 Å². The first-order valence-corrected chi connectivity index (χ1v) is 8.08. The fourth-order valence-electron chi connectivity index (χ4n) is 3.58. The first-order valence-electron chi connectivity index (χ1n) is 8.08. The molecule has 0 saturated heterocycles. The molecule has 1 aliphatic rings. The van der Waals surface area contributed by atoms with Crippen molar-refractivity contribution < 1.29 is 4.74 Å². The molecule has 0 spiro atoms. The number of ether oxygens (including phenoxy) is 1. The third-order valence-electron chi connectivity index (χ3n) is 4.94. The normalized spacial score (nSPS) is 27.5. The second-order valence-electron chi connectivity index (χ2n) is 6.41. The van der Waals surface area contributed by atoms with Gasteiger partial charge in [-0.15, -0.1) is 0 Å². The average Bonchev–Trinajstić information content (AvgIpc) is 2.53. The largest absolute Gasteiger partial charge is 0.377 e. The van der Waals surface area contributed by atoms with Crippen LogP contribution >= 0.6 is 0 Å². The molecular formula is C17H29N3O. The van der Waals surface area contributed by atoms with E-state index in [1.165, 1.54) is 18.4 Å². The lowest BCUT2D eigenvalue weighted by atomic mass is 9.73. The van der Waals surface area contributed by atoms with Gasteiger partial charge < -0.3 is 4.74 Å². The minimum Gasteiger partial charge on any atom is -0.377 e. The molecule has 118 valence electrons. The van der Waals surface area contributed by atoms with E-state index in [0.717, 1.165) is 31.4 Å². The second kappa shape index (κ2) is 7.34. The Morgan fingerprint density at radius 2 is 2.33 bits per heavy atom. The van der Waals surface area contributed by atoms with Crippen molar-refractivity contribution in [3.8, 4) is 0 Å². The van der Waals surface area contributed by atoms with Gasteiger partial charge in [0.05, 0.1) is 11.6 Å². The van der Waals surface area contributed by atoms with Gasteiger partial charge in [0.25, 0.3) is 0 Å². The van der Waals surface area contributed by atoms with Gasteiger partial charge in [-0.1, -0.05) is 32.8 Å². The van der Waals surface area contributed by atoms with Gasteiger partial charge in [0.1, 0.15) is 0 Å². The van der Waals surface area contributed by atoms with Gasteiger partial charge in [0.2, 0.25) is 0 Å². The van der Waals surface area contributed by atoms with Crippen LogP contribution in [0.5, 0.6) is 0 Å². The molecule has 1 aromatic rings. The molecule has 1 heterocycles. The van der Waals surface area contributed by atoms with Crippen LogP contribution in [0.3, 0.4) is 0 Å². The van der Waals surface area contributed by atoms with Crippen LogP contribution in [0.1, 0.15) is 50.8 Å². The molecule has 0 bridgehead atoms. The van der Waals surface area contributed by atoms with Gasteiger partial charge in [0, 0.05) is 25.4 Å². The molecule has 4 nitrogen and oxygen atoms in total. The molecule has 3 unspecified atom stereocenters. The Kier molecular flexibility index (Phi) is 5.73. The number of pyridine rings is 1. The molecule has 1 saturated carbocycles. The minimum atomic E-state index is -0.169. The summed E-state index contributed by atoms with van der Waals surface area (Å²) in [5, 5.41) is 0. The third-order valence-corrected chi connectivity index (χ3v) is 4.94. The summed E-state index contributed by atoms with van der Waals surface area (Å²) in [6.45, 7) is 4.44. The van der Waals surface area contributed by atoms with Gasteiger partial charge >= 0.3 is 0 Å². The van der Waals surface area contributed by atoms with Crippen LogP contribution in [0, 0.1) is 5.92 Å². The van der Waals surface area contributed by atoms with Crippen molar-refractivity contribution >= 4 is 0 Å². The van der Waals surface area contributed by atoms with Crippen LogP contribution in [0.15, 0.2) is 18.3 Å². The molecule has 0 radical (unpaired) electrons. The molecule has 21 heavy (non-hydrogen) atoms. The number of nitrogens with two attached hydrogens (primary N) is 1. The number of hydrazine groups is 1. The maximum absolute atomic E-state index is 5.95. The Morgan fingerprint density at radius 3 is 2.86 bits per heavy atom. The smallest absolute Gasteiger partial charge is 0.0850 e. The number of methoxy groups -OCH3 is 1. The fraction of sp³-hybridized carbons (Fsp3) is 0.706. The second-order valence-corrected chi connectivity index (χ2v) is 6.41. The van der Waals surface area contributed by atoms with E-state index >= 15 is 0 Å². The molecule has 1 fully saturated rings.